The molecule has 0 unspecified atom stereocenters. The van der Waals surface area contributed by atoms with Crippen LogP contribution in [-0.4, -0.2) is 35.2 Å². The number of anilines is 1. The van der Waals surface area contributed by atoms with E-state index in [1.54, 1.807) is 11.0 Å². The van der Waals surface area contributed by atoms with Crippen LogP contribution >= 0.6 is 0 Å². The highest BCUT2D eigenvalue weighted by Crippen LogP contribution is 2.53. The summed E-state index contributed by atoms with van der Waals surface area (Å²) in [4.78, 5) is 26.4. The van der Waals surface area contributed by atoms with Gasteiger partial charge in [-0.3, -0.25) is 9.59 Å². The third-order valence-corrected chi connectivity index (χ3v) is 5.44. The van der Waals surface area contributed by atoms with Crippen LogP contribution in [0.5, 0.6) is 0 Å². The summed E-state index contributed by atoms with van der Waals surface area (Å²) in [6.07, 6.45) is 3.17. The van der Waals surface area contributed by atoms with Gasteiger partial charge >= 0.3 is 5.97 Å². The number of carbonyl (C=O) groups excluding carboxylic acids is 1. The molecule has 0 aromatic heterocycles. The van der Waals surface area contributed by atoms with E-state index >= 15 is 0 Å². The first-order valence-electron chi connectivity index (χ1n) is 8.00. The van der Waals surface area contributed by atoms with Crippen LogP contribution in [0, 0.1) is 11.8 Å². The fourth-order valence-corrected chi connectivity index (χ4v) is 4.43. The van der Waals surface area contributed by atoms with Crippen molar-refractivity contribution < 1.29 is 19.4 Å². The van der Waals surface area contributed by atoms with E-state index in [9.17, 15) is 14.7 Å². The van der Waals surface area contributed by atoms with E-state index in [2.05, 4.69) is 0 Å². The fraction of sp³-hybridized carbons (Fsp3) is 0.263. The van der Waals surface area contributed by atoms with Gasteiger partial charge in [0.2, 0.25) is 5.91 Å². The van der Waals surface area contributed by atoms with Gasteiger partial charge in [0.1, 0.15) is 11.5 Å². The van der Waals surface area contributed by atoms with Crippen molar-refractivity contribution in [2.45, 2.75) is 11.7 Å². The van der Waals surface area contributed by atoms with Gasteiger partial charge in [-0.05, 0) is 11.5 Å². The van der Waals surface area contributed by atoms with Crippen LogP contribution in [0.15, 0.2) is 54.6 Å². The molecule has 0 saturated carbocycles. The topological polar surface area (TPSA) is 66.8 Å². The Bertz CT molecular complexity index is 915. The molecule has 3 aliphatic rings. The summed E-state index contributed by atoms with van der Waals surface area (Å²) in [5.74, 6) is -2.58. The number of ether oxygens (including phenoxy) is 1. The smallest absolute Gasteiger partial charge is 0.310 e. The zero-order chi connectivity index (χ0) is 16.5. The number of rotatable bonds is 2. The highest BCUT2D eigenvalue weighted by Gasteiger charge is 2.67. The van der Waals surface area contributed by atoms with E-state index < -0.39 is 29.5 Å². The summed E-state index contributed by atoms with van der Waals surface area (Å²) in [5.41, 5.74) is 0.00772. The van der Waals surface area contributed by atoms with Crippen molar-refractivity contribution >= 4 is 28.3 Å². The van der Waals surface area contributed by atoms with Crippen LogP contribution in [0.2, 0.25) is 0 Å². The van der Waals surface area contributed by atoms with Gasteiger partial charge < -0.3 is 14.7 Å². The molecule has 0 radical (unpaired) electrons. The highest BCUT2D eigenvalue weighted by atomic mass is 16.5. The van der Waals surface area contributed by atoms with Crippen molar-refractivity contribution in [1.29, 1.82) is 0 Å². The molecule has 120 valence electrons. The molecule has 3 heterocycles. The molecule has 2 aromatic rings. The number of hydrogen-bond donors (Lipinski definition) is 1. The standard InChI is InChI=1S/C19H15NO4/c21-17-16-15(18(22)23)14-8-9-19(16,24-14)10-20(17)13-7-3-5-11-4-1-2-6-12(11)13/h1-9,14-16H,10H2,(H,22,23)/t14-,15+,16-,19+/m0/s1. The normalized spacial score (nSPS) is 33.4. The van der Waals surface area contributed by atoms with Crippen LogP contribution in [0.4, 0.5) is 5.69 Å². The summed E-state index contributed by atoms with van der Waals surface area (Å²) in [5, 5.41) is 11.6. The van der Waals surface area contributed by atoms with E-state index in [0.717, 1.165) is 16.5 Å². The van der Waals surface area contributed by atoms with Gasteiger partial charge in [0, 0.05) is 5.39 Å². The van der Waals surface area contributed by atoms with Crippen LogP contribution < -0.4 is 4.90 Å². The summed E-state index contributed by atoms with van der Waals surface area (Å²) in [6, 6.07) is 13.7. The molecule has 1 amide bonds. The minimum atomic E-state index is -0.968. The summed E-state index contributed by atoms with van der Waals surface area (Å²) >= 11 is 0. The molecule has 5 rings (SSSR count). The maximum absolute atomic E-state index is 13.1. The predicted octanol–water partition coefficient (Wildman–Crippen LogP) is 2.21. The maximum Gasteiger partial charge on any atom is 0.310 e. The number of fused-ring (bicyclic) bond motifs is 2. The van der Waals surface area contributed by atoms with E-state index in [1.807, 2.05) is 48.5 Å². The molecule has 0 aliphatic carbocycles. The average Bonchev–Trinajstić information content (AvgIpc) is 3.22. The van der Waals surface area contributed by atoms with Crippen molar-refractivity contribution in [3.63, 3.8) is 0 Å². The first-order chi connectivity index (χ1) is 11.6. The second kappa shape index (κ2) is 4.45. The van der Waals surface area contributed by atoms with E-state index in [0.29, 0.717) is 6.54 Å². The molecule has 2 aromatic carbocycles. The molecule has 2 bridgehead atoms. The van der Waals surface area contributed by atoms with Gasteiger partial charge in [0.15, 0.2) is 0 Å². The summed E-state index contributed by atoms with van der Waals surface area (Å²) in [6.45, 7) is 0.362. The lowest BCUT2D eigenvalue weighted by atomic mass is 9.77. The number of carbonyl (C=O) groups is 2. The number of benzene rings is 2. The number of carboxylic acid groups (broad SMARTS) is 1. The molecular weight excluding hydrogens is 306 g/mol. The van der Waals surface area contributed by atoms with E-state index in [1.165, 1.54) is 0 Å². The van der Waals surface area contributed by atoms with Crippen molar-refractivity contribution in [3.8, 4) is 0 Å². The van der Waals surface area contributed by atoms with Gasteiger partial charge in [0.05, 0.1) is 24.3 Å². The molecular formula is C19H15NO4. The van der Waals surface area contributed by atoms with Crippen LogP contribution in [0.1, 0.15) is 0 Å². The Morgan fingerprint density at radius 2 is 2.00 bits per heavy atom. The first kappa shape index (κ1) is 13.7. The Hall–Kier alpha value is -2.66. The fourth-order valence-electron chi connectivity index (χ4n) is 4.43. The monoisotopic (exact) mass is 321 g/mol. The van der Waals surface area contributed by atoms with Crippen molar-refractivity contribution in [3.05, 3.63) is 54.6 Å². The Kier molecular flexibility index (Phi) is 2.55. The summed E-state index contributed by atoms with van der Waals surface area (Å²) in [7, 11) is 0. The number of aliphatic carboxylic acids is 1. The van der Waals surface area contributed by atoms with Crippen LogP contribution in [0.3, 0.4) is 0 Å². The highest BCUT2D eigenvalue weighted by molar-refractivity contribution is 6.08. The molecule has 24 heavy (non-hydrogen) atoms. The Balaban J connectivity index is 1.64. The van der Waals surface area contributed by atoms with Crippen molar-refractivity contribution in [1.82, 2.24) is 0 Å². The third-order valence-electron chi connectivity index (χ3n) is 5.44. The van der Waals surface area contributed by atoms with E-state index in [4.69, 9.17) is 4.74 Å². The quantitative estimate of drug-likeness (QED) is 0.861. The Morgan fingerprint density at radius 1 is 1.21 bits per heavy atom. The minimum absolute atomic E-state index is 0.161. The van der Waals surface area contributed by atoms with Gasteiger partial charge in [0.25, 0.3) is 0 Å². The predicted molar refractivity (Wildman–Crippen MR) is 87.7 cm³/mol. The van der Waals surface area contributed by atoms with Gasteiger partial charge in [-0.15, -0.1) is 0 Å². The second-order valence-corrected chi connectivity index (χ2v) is 6.66. The van der Waals surface area contributed by atoms with Crippen LogP contribution in [-0.2, 0) is 14.3 Å². The van der Waals surface area contributed by atoms with E-state index in [-0.39, 0.29) is 5.91 Å². The zero-order valence-electron chi connectivity index (χ0n) is 12.8. The molecule has 5 nitrogen and oxygen atoms in total. The lowest BCUT2D eigenvalue weighted by molar-refractivity contribution is -0.146. The number of hydrogen-bond acceptors (Lipinski definition) is 3. The number of carboxylic acids is 1. The number of nitrogens with zero attached hydrogens (tertiary/aromatic N) is 1. The molecule has 4 atom stereocenters. The minimum Gasteiger partial charge on any atom is -0.481 e. The molecule has 2 fully saturated rings. The Morgan fingerprint density at radius 3 is 2.83 bits per heavy atom. The van der Waals surface area contributed by atoms with Crippen LogP contribution in [0.25, 0.3) is 10.8 Å². The zero-order valence-corrected chi connectivity index (χ0v) is 12.8. The molecule has 5 heteroatoms. The molecule has 1 N–H and O–H groups in total. The first-order valence-corrected chi connectivity index (χ1v) is 8.00. The molecule has 3 aliphatic heterocycles. The SMILES string of the molecule is O=C(O)[C@@H]1[C@@H]2C=C[C@]3(CN(c4cccc5ccccc45)C(=O)[C@H]13)O2. The average molecular weight is 321 g/mol. The molecule has 2 saturated heterocycles. The maximum atomic E-state index is 13.1. The largest absolute Gasteiger partial charge is 0.481 e. The lowest BCUT2D eigenvalue weighted by Gasteiger charge is -2.22. The van der Waals surface area contributed by atoms with Crippen molar-refractivity contribution in [2.24, 2.45) is 11.8 Å². The Labute approximate surface area is 138 Å². The lowest BCUT2D eigenvalue weighted by Crippen LogP contribution is -2.39. The number of amides is 1. The summed E-state index contributed by atoms with van der Waals surface area (Å²) < 4.78 is 5.94. The molecule has 1 spiro atoms. The second-order valence-electron chi connectivity index (χ2n) is 6.66. The van der Waals surface area contributed by atoms with Gasteiger partial charge in [-0.2, -0.15) is 0 Å². The van der Waals surface area contributed by atoms with Gasteiger partial charge in [-0.1, -0.05) is 48.6 Å². The van der Waals surface area contributed by atoms with Gasteiger partial charge in [-0.25, -0.2) is 0 Å². The third kappa shape index (κ3) is 1.57. The van der Waals surface area contributed by atoms with Crippen molar-refractivity contribution in [2.75, 3.05) is 11.4 Å².